The molecule has 1 aromatic carbocycles. The molecular formula is C16H26N2. The summed E-state index contributed by atoms with van der Waals surface area (Å²) in [5.41, 5.74) is 4.14. The molecule has 100 valence electrons. The molecule has 1 heterocycles. The van der Waals surface area contributed by atoms with Crippen LogP contribution in [0.5, 0.6) is 0 Å². The van der Waals surface area contributed by atoms with E-state index in [1.54, 1.807) is 0 Å². The Morgan fingerprint density at radius 3 is 2.50 bits per heavy atom. The molecule has 0 aliphatic carbocycles. The van der Waals surface area contributed by atoms with Crippen molar-refractivity contribution in [2.45, 2.75) is 52.2 Å². The van der Waals surface area contributed by atoms with E-state index in [2.05, 4.69) is 56.2 Å². The molecule has 2 heteroatoms. The number of nitrogens with zero attached hydrogens (tertiary/aromatic N) is 1. The Morgan fingerprint density at radius 2 is 1.89 bits per heavy atom. The Labute approximate surface area is 111 Å². The maximum Gasteiger partial charge on any atom is 0.0208 e. The fraction of sp³-hybridized carbons (Fsp3) is 0.625. The summed E-state index contributed by atoms with van der Waals surface area (Å²) in [6.45, 7) is 8.89. The first-order chi connectivity index (χ1) is 8.54. The third-order valence-corrected chi connectivity index (χ3v) is 4.08. The van der Waals surface area contributed by atoms with Crippen molar-refractivity contribution in [3.63, 3.8) is 0 Å². The zero-order valence-corrected chi connectivity index (χ0v) is 12.2. The van der Waals surface area contributed by atoms with Crippen LogP contribution in [-0.2, 0) is 6.54 Å². The number of likely N-dealkylation sites (tertiary alicyclic amines) is 1. The van der Waals surface area contributed by atoms with Gasteiger partial charge < -0.3 is 10.2 Å². The smallest absolute Gasteiger partial charge is 0.0208 e. The monoisotopic (exact) mass is 246 g/mol. The summed E-state index contributed by atoms with van der Waals surface area (Å²) in [6, 6.07) is 8.20. The first-order valence-corrected chi connectivity index (χ1v) is 7.05. The van der Waals surface area contributed by atoms with E-state index in [4.69, 9.17) is 0 Å². The summed E-state index contributed by atoms with van der Waals surface area (Å²) in [6.07, 6.45) is 2.53. The molecule has 2 atom stereocenters. The molecule has 1 saturated heterocycles. The first kappa shape index (κ1) is 13.6. The Bertz CT molecular complexity index is 380. The standard InChI is InChI=1S/C16H26N2/c1-12-7-13(2)9-15(8-12)11-17-16-5-6-18(4)14(3)10-16/h7-9,14,16-17H,5-6,10-11H2,1-4H3. The van der Waals surface area contributed by atoms with E-state index >= 15 is 0 Å². The van der Waals surface area contributed by atoms with Crippen molar-refractivity contribution >= 4 is 0 Å². The molecule has 1 aliphatic heterocycles. The minimum atomic E-state index is 0.678. The summed E-state index contributed by atoms with van der Waals surface area (Å²) < 4.78 is 0. The molecule has 1 N–H and O–H groups in total. The topological polar surface area (TPSA) is 15.3 Å². The quantitative estimate of drug-likeness (QED) is 0.882. The van der Waals surface area contributed by atoms with Crippen LogP contribution in [0.25, 0.3) is 0 Å². The highest BCUT2D eigenvalue weighted by Gasteiger charge is 2.21. The van der Waals surface area contributed by atoms with Crippen LogP contribution in [0, 0.1) is 13.8 Å². The lowest BCUT2D eigenvalue weighted by molar-refractivity contribution is 0.168. The number of hydrogen-bond acceptors (Lipinski definition) is 2. The number of nitrogens with one attached hydrogen (secondary N) is 1. The van der Waals surface area contributed by atoms with Gasteiger partial charge in [-0.25, -0.2) is 0 Å². The van der Waals surface area contributed by atoms with Crippen LogP contribution in [-0.4, -0.2) is 30.6 Å². The van der Waals surface area contributed by atoms with Crippen molar-refractivity contribution in [3.8, 4) is 0 Å². The van der Waals surface area contributed by atoms with Crippen LogP contribution >= 0.6 is 0 Å². The Morgan fingerprint density at radius 1 is 1.22 bits per heavy atom. The summed E-state index contributed by atoms with van der Waals surface area (Å²) >= 11 is 0. The van der Waals surface area contributed by atoms with E-state index < -0.39 is 0 Å². The van der Waals surface area contributed by atoms with Gasteiger partial charge in [-0.2, -0.15) is 0 Å². The number of rotatable bonds is 3. The third-order valence-electron chi connectivity index (χ3n) is 4.08. The second-order valence-electron chi connectivity index (χ2n) is 5.93. The van der Waals surface area contributed by atoms with Gasteiger partial charge in [0.1, 0.15) is 0 Å². The molecule has 1 aromatic rings. The molecule has 1 fully saturated rings. The number of hydrogen-bond donors (Lipinski definition) is 1. The Balaban J connectivity index is 1.88. The lowest BCUT2D eigenvalue weighted by atomic mass is 9.98. The molecule has 1 aliphatic rings. The predicted octanol–water partition coefficient (Wildman–Crippen LogP) is 2.88. The van der Waals surface area contributed by atoms with Crippen molar-refractivity contribution in [1.29, 1.82) is 0 Å². The van der Waals surface area contributed by atoms with Crippen LogP contribution in [0.2, 0.25) is 0 Å². The molecule has 0 amide bonds. The van der Waals surface area contributed by atoms with Crippen molar-refractivity contribution in [2.24, 2.45) is 0 Å². The number of benzene rings is 1. The molecule has 0 saturated carbocycles. The van der Waals surface area contributed by atoms with Crippen LogP contribution in [0.4, 0.5) is 0 Å². The molecule has 0 spiro atoms. The lowest BCUT2D eigenvalue weighted by Crippen LogP contribution is -2.45. The van der Waals surface area contributed by atoms with Crippen LogP contribution in [0.1, 0.15) is 36.5 Å². The summed E-state index contributed by atoms with van der Waals surface area (Å²) in [4.78, 5) is 2.45. The fourth-order valence-electron chi connectivity index (χ4n) is 2.91. The molecular weight excluding hydrogens is 220 g/mol. The van der Waals surface area contributed by atoms with Gasteiger partial charge in [0.2, 0.25) is 0 Å². The van der Waals surface area contributed by atoms with E-state index in [-0.39, 0.29) is 0 Å². The normalized spacial score (nSPS) is 25.3. The fourth-order valence-corrected chi connectivity index (χ4v) is 2.91. The average Bonchev–Trinajstić information content (AvgIpc) is 2.29. The van der Waals surface area contributed by atoms with E-state index in [1.165, 1.54) is 36.1 Å². The van der Waals surface area contributed by atoms with Gasteiger partial charge in [-0.15, -0.1) is 0 Å². The largest absolute Gasteiger partial charge is 0.310 e. The average molecular weight is 246 g/mol. The molecule has 0 aromatic heterocycles. The summed E-state index contributed by atoms with van der Waals surface area (Å²) in [5, 5.41) is 3.72. The molecule has 18 heavy (non-hydrogen) atoms. The minimum absolute atomic E-state index is 0.678. The van der Waals surface area contributed by atoms with Gasteiger partial charge in [0.05, 0.1) is 0 Å². The van der Waals surface area contributed by atoms with Gasteiger partial charge in [0.25, 0.3) is 0 Å². The highest BCUT2D eigenvalue weighted by Crippen LogP contribution is 2.16. The lowest BCUT2D eigenvalue weighted by Gasteiger charge is -2.35. The predicted molar refractivity (Wildman–Crippen MR) is 77.9 cm³/mol. The van der Waals surface area contributed by atoms with E-state index in [9.17, 15) is 0 Å². The Hall–Kier alpha value is -0.860. The third kappa shape index (κ3) is 3.56. The maximum atomic E-state index is 3.72. The van der Waals surface area contributed by atoms with Gasteiger partial charge in [-0.3, -0.25) is 0 Å². The highest BCUT2D eigenvalue weighted by molar-refractivity contribution is 5.28. The zero-order chi connectivity index (χ0) is 13.1. The van der Waals surface area contributed by atoms with E-state index in [0.29, 0.717) is 12.1 Å². The van der Waals surface area contributed by atoms with Gasteiger partial charge >= 0.3 is 0 Å². The molecule has 2 nitrogen and oxygen atoms in total. The highest BCUT2D eigenvalue weighted by atomic mass is 15.1. The van der Waals surface area contributed by atoms with Gasteiger partial charge in [0.15, 0.2) is 0 Å². The summed E-state index contributed by atoms with van der Waals surface area (Å²) in [5.74, 6) is 0. The molecule has 2 unspecified atom stereocenters. The van der Waals surface area contributed by atoms with Crippen molar-refractivity contribution in [3.05, 3.63) is 34.9 Å². The molecule has 0 radical (unpaired) electrons. The summed E-state index contributed by atoms with van der Waals surface area (Å²) in [7, 11) is 2.23. The Kier molecular flexibility index (Phi) is 4.41. The zero-order valence-electron chi connectivity index (χ0n) is 12.2. The van der Waals surface area contributed by atoms with Crippen molar-refractivity contribution in [2.75, 3.05) is 13.6 Å². The van der Waals surface area contributed by atoms with Crippen molar-refractivity contribution < 1.29 is 0 Å². The number of piperidine rings is 1. The van der Waals surface area contributed by atoms with Crippen LogP contribution < -0.4 is 5.32 Å². The van der Waals surface area contributed by atoms with E-state index in [1.807, 2.05) is 0 Å². The second kappa shape index (κ2) is 5.85. The van der Waals surface area contributed by atoms with Crippen molar-refractivity contribution in [1.82, 2.24) is 10.2 Å². The maximum absolute atomic E-state index is 3.72. The molecule has 2 rings (SSSR count). The first-order valence-electron chi connectivity index (χ1n) is 7.05. The minimum Gasteiger partial charge on any atom is -0.310 e. The van der Waals surface area contributed by atoms with E-state index in [0.717, 1.165) is 6.54 Å². The second-order valence-corrected chi connectivity index (χ2v) is 5.93. The molecule has 0 bridgehead atoms. The SMILES string of the molecule is Cc1cc(C)cc(CNC2CCN(C)C(C)C2)c1. The van der Waals surface area contributed by atoms with Gasteiger partial charge in [-0.1, -0.05) is 29.3 Å². The van der Waals surface area contributed by atoms with Crippen LogP contribution in [0.15, 0.2) is 18.2 Å². The van der Waals surface area contributed by atoms with Crippen LogP contribution in [0.3, 0.4) is 0 Å². The number of aryl methyl sites for hydroxylation is 2. The van der Waals surface area contributed by atoms with Gasteiger partial charge in [-0.05, 0) is 52.8 Å². The van der Waals surface area contributed by atoms with Gasteiger partial charge in [0, 0.05) is 18.6 Å².